The number of rotatable bonds is 6. The molecule has 0 aromatic carbocycles. The van der Waals surface area contributed by atoms with Crippen molar-refractivity contribution in [2.45, 2.75) is 38.2 Å². The number of amides is 1. The zero-order valence-corrected chi connectivity index (χ0v) is 10.1. The Morgan fingerprint density at radius 3 is 3.00 bits per heavy atom. The normalized spacial score (nSPS) is 18.7. The third-order valence-electron chi connectivity index (χ3n) is 3.16. The summed E-state index contributed by atoms with van der Waals surface area (Å²) in [6.07, 6.45) is 5.56. The topological polar surface area (TPSA) is 62.5 Å². The highest BCUT2D eigenvalue weighted by molar-refractivity contribution is 5.75. The molecule has 1 unspecified atom stereocenters. The van der Waals surface area contributed by atoms with Crippen LogP contribution >= 0.6 is 0 Å². The van der Waals surface area contributed by atoms with Crippen LogP contribution in [0.15, 0.2) is 22.8 Å². The molecular weight excluding hydrogens is 218 g/mol. The molecule has 1 saturated carbocycles. The van der Waals surface area contributed by atoms with Gasteiger partial charge in [0.2, 0.25) is 5.91 Å². The molecule has 0 radical (unpaired) electrons. The molecule has 4 nitrogen and oxygen atoms in total. The van der Waals surface area contributed by atoms with Crippen molar-refractivity contribution in [3.8, 4) is 0 Å². The highest BCUT2D eigenvalue weighted by Crippen LogP contribution is 2.33. The third-order valence-corrected chi connectivity index (χ3v) is 3.16. The van der Waals surface area contributed by atoms with Crippen LogP contribution in [0.3, 0.4) is 0 Å². The number of carbonyl (C=O) groups is 1. The molecule has 0 spiro atoms. The molecule has 1 amide bonds. The quantitative estimate of drug-likeness (QED) is 0.793. The monoisotopic (exact) mass is 237 g/mol. The molecule has 1 atom stereocenters. The lowest BCUT2D eigenvalue weighted by Gasteiger charge is -2.21. The van der Waals surface area contributed by atoms with Gasteiger partial charge in [-0.25, -0.2) is 0 Å². The van der Waals surface area contributed by atoms with E-state index in [1.165, 1.54) is 19.1 Å². The third kappa shape index (κ3) is 3.60. The molecule has 1 aromatic rings. The summed E-state index contributed by atoms with van der Waals surface area (Å²) < 4.78 is 5.14. The number of carbonyl (C=O) groups excluding carboxylic acids is 1. The van der Waals surface area contributed by atoms with E-state index < -0.39 is 5.60 Å². The van der Waals surface area contributed by atoms with Gasteiger partial charge in [-0.05, 0) is 31.4 Å². The fourth-order valence-electron chi connectivity index (χ4n) is 1.77. The number of hydrogen-bond acceptors (Lipinski definition) is 3. The molecule has 0 saturated heterocycles. The number of aliphatic hydroxyl groups is 1. The van der Waals surface area contributed by atoms with Crippen LogP contribution in [0.25, 0.3) is 0 Å². The van der Waals surface area contributed by atoms with Gasteiger partial charge < -0.3 is 14.8 Å². The Labute approximate surface area is 101 Å². The molecule has 1 heterocycles. The summed E-state index contributed by atoms with van der Waals surface area (Å²) in [6.45, 7) is 1.82. The Kier molecular flexibility index (Phi) is 3.52. The summed E-state index contributed by atoms with van der Waals surface area (Å²) in [6, 6.07) is 3.43. The molecule has 94 valence electrons. The molecule has 0 bridgehead atoms. The van der Waals surface area contributed by atoms with E-state index in [4.69, 9.17) is 4.42 Å². The van der Waals surface area contributed by atoms with Crippen molar-refractivity contribution in [3.05, 3.63) is 24.2 Å². The van der Waals surface area contributed by atoms with Gasteiger partial charge in [-0.1, -0.05) is 12.8 Å². The molecule has 17 heavy (non-hydrogen) atoms. The van der Waals surface area contributed by atoms with Crippen molar-refractivity contribution in [2.24, 2.45) is 5.92 Å². The maximum atomic E-state index is 11.5. The number of nitrogens with one attached hydrogen (secondary N) is 1. The minimum Gasteiger partial charge on any atom is -0.466 e. The highest BCUT2D eigenvalue weighted by atomic mass is 16.4. The van der Waals surface area contributed by atoms with Crippen LogP contribution in [0.5, 0.6) is 0 Å². The van der Waals surface area contributed by atoms with E-state index in [1.807, 2.05) is 0 Å². The second-order valence-electron chi connectivity index (χ2n) is 5.01. The maximum Gasteiger partial charge on any atom is 0.220 e. The van der Waals surface area contributed by atoms with E-state index in [2.05, 4.69) is 5.32 Å². The van der Waals surface area contributed by atoms with Gasteiger partial charge in [0.1, 0.15) is 11.4 Å². The Morgan fingerprint density at radius 1 is 1.65 bits per heavy atom. The summed E-state index contributed by atoms with van der Waals surface area (Å²) >= 11 is 0. The first-order valence-electron chi connectivity index (χ1n) is 6.11. The first kappa shape index (κ1) is 12.2. The van der Waals surface area contributed by atoms with Gasteiger partial charge in [-0.15, -0.1) is 0 Å². The maximum absolute atomic E-state index is 11.5. The lowest BCUT2D eigenvalue weighted by Crippen LogP contribution is -2.38. The van der Waals surface area contributed by atoms with Crippen molar-refractivity contribution in [1.82, 2.24) is 5.32 Å². The van der Waals surface area contributed by atoms with E-state index in [0.29, 0.717) is 12.2 Å². The van der Waals surface area contributed by atoms with Crippen LogP contribution in [0.1, 0.15) is 38.4 Å². The van der Waals surface area contributed by atoms with Crippen LogP contribution in [0, 0.1) is 5.92 Å². The van der Waals surface area contributed by atoms with E-state index in [0.717, 1.165) is 12.3 Å². The van der Waals surface area contributed by atoms with Crippen molar-refractivity contribution in [2.75, 3.05) is 6.54 Å². The molecule has 0 aliphatic heterocycles. The van der Waals surface area contributed by atoms with Gasteiger partial charge in [0.15, 0.2) is 0 Å². The smallest absolute Gasteiger partial charge is 0.220 e. The highest BCUT2D eigenvalue weighted by Gasteiger charge is 2.27. The minimum absolute atomic E-state index is 0.00345. The summed E-state index contributed by atoms with van der Waals surface area (Å²) in [5.74, 6) is 1.23. The minimum atomic E-state index is -1.14. The zero-order valence-electron chi connectivity index (χ0n) is 10.1. The molecule has 4 heteroatoms. The second kappa shape index (κ2) is 4.92. The van der Waals surface area contributed by atoms with Crippen molar-refractivity contribution < 1.29 is 14.3 Å². The van der Waals surface area contributed by atoms with Gasteiger partial charge in [0, 0.05) is 6.42 Å². The standard InChI is InChI=1S/C13H19NO3/c1-13(16,11-3-2-8-17-11)9-14-12(15)7-6-10-4-5-10/h2-3,8,10,16H,4-7,9H2,1H3,(H,14,15). The zero-order chi connectivity index (χ0) is 12.3. The summed E-state index contributed by atoms with van der Waals surface area (Å²) in [4.78, 5) is 11.5. The van der Waals surface area contributed by atoms with Crippen molar-refractivity contribution in [1.29, 1.82) is 0 Å². The second-order valence-corrected chi connectivity index (χ2v) is 5.01. The Bertz CT molecular complexity index is 366. The average molecular weight is 237 g/mol. The Balaban J connectivity index is 1.74. The Hall–Kier alpha value is -1.29. The van der Waals surface area contributed by atoms with Crippen molar-refractivity contribution in [3.63, 3.8) is 0 Å². The molecule has 1 aliphatic rings. The summed E-state index contributed by atoms with van der Waals surface area (Å²) in [5, 5.41) is 12.9. The summed E-state index contributed by atoms with van der Waals surface area (Å²) in [7, 11) is 0. The van der Waals surface area contributed by atoms with Gasteiger partial charge in [0.05, 0.1) is 12.8 Å². The lowest BCUT2D eigenvalue weighted by molar-refractivity contribution is -0.122. The lowest BCUT2D eigenvalue weighted by atomic mass is 10.0. The van der Waals surface area contributed by atoms with Gasteiger partial charge in [-0.3, -0.25) is 4.79 Å². The predicted octanol–water partition coefficient (Wildman–Crippen LogP) is 1.79. The fraction of sp³-hybridized carbons (Fsp3) is 0.615. The summed E-state index contributed by atoms with van der Waals surface area (Å²) in [5.41, 5.74) is -1.14. The van der Waals surface area contributed by atoms with Crippen LogP contribution in [-0.4, -0.2) is 17.6 Å². The molecule has 1 fully saturated rings. The molecule has 1 aliphatic carbocycles. The molecule has 1 aromatic heterocycles. The van der Waals surface area contributed by atoms with E-state index in [1.54, 1.807) is 19.1 Å². The predicted molar refractivity (Wildman–Crippen MR) is 63.2 cm³/mol. The van der Waals surface area contributed by atoms with Gasteiger partial charge >= 0.3 is 0 Å². The molecule has 2 N–H and O–H groups in total. The van der Waals surface area contributed by atoms with Gasteiger partial charge in [0.25, 0.3) is 0 Å². The van der Waals surface area contributed by atoms with Crippen LogP contribution in [-0.2, 0) is 10.4 Å². The number of furan rings is 1. The molecular formula is C13H19NO3. The van der Waals surface area contributed by atoms with Crippen molar-refractivity contribution >= 4 is 5.91 Å². The average Bonchev–Trinajstić information content (AvgIpc) is 2.94. The van der Waals surface area contributed by atoms with E-state index in [9.17, 15) is 9.90 Å². The Morgan fingerprint density at radius 2 is 2.41 bits per heavy atom. The SMILES string of the molecule is CC(O)(CNC(=O)CCC1CC1)c1ccco1. The first-order chi connectivity index (χ1) is 8.08. The molecule has 2 rings (SSSR count). The van der Waals surface area contributed by atoms with Crippen LogP contribution in [0.2, 0.25) is 0 Å². The van der Waals surface area contributed by atoms with Crippen LogP contribution < -0.4 is 5.32 Å². The van der Waals surface area contributed by atoms with E-state index >= 15 is 0 Å². The van der Waals surface area contributed by atoms with Gasteiger partial charge in [-0.2, -0.15) is 0 Å². The largest absolute Gasteiger partial charge is 0.466 e. The van der Waals surface area contributed by atoms with Crippen LogP contribution in [0.4, 0.5) is 0 Å². The number of hydrogen-bond donors (Lipinski definition) is 2. The fourth-order valence-corrected chi connectivity index (χ4v) is 1.77. The first-order valence-corrected chi connectivity index (χ1v) is 6.11. The van der Waals surface area contributed by atoms with E-state index in [-0.39, 0.29) is 12.5 Å².